The topological polar surface area (TPSA) is 80.9 Å². The molecule has 0 fully saturated rings. The Hall–Kier alpha value is -1.83. The summed E-state index contributed by atoms with van der Waals surface area (Å²) in [6, 6.07) is 0. The molecular formula is C13H18N6OS. The Morgan fingerprint density at radius 1 is 1.29 bits per heavy atom. The lowest BCUT2D eigenvalue weighted by molar-refractivity contribution is 0.612. The van der Waals surface area contributed by atoms with Crippen LogP contribution >= 0.6 is 11.8 Å². The van der Waals surface area contributed by atoms with Gasteiger partial charge in [0.05, 0.1) is 0 Å². The van der Waals surface area contributed by atoms with Gasteiger partial charge in [0.25, 0.3) is 5.56 Å². The summed E-state index contributed by atoms with van der Waals surface area (Å²) in [6.45, 7) is 4.73. The van der Waals surface area contributed by atoms with Gasteiger partial charge in [0.1, 0.15) is 5.82 Å². The SMILES string of the molecule is CCCCCn1c2nc(SC)[nH]c2c(=O)n2c(C)nnc12. The molecule has 0 aliphatic heterocycles. The highest BCUT2D eigenvalue weighted by Crippen LogP contribution is 2.17. The van der Waals surface area contributed by atoms with Crippen LogP contribution in [-0.4, -0.2) is 35.4 Å². The average molecular weight is 306 g/mol. The van der Waals surface area contributed by atoms with Crippen molar-refractivity contribution < 1.29 is 0 Å². The van der Waals surface area contributed by atoms with Crippen molar-refractivity contribution in [2.75, 3.05) is 6.26 Å². The lowest BCUT2D eigenvalue weighted by atomic mass is 10.2. The lowest BCUT2D eigenvalue weighted by Gasteiger charge is -2.08. The first-order valence-corrected chi connectivity index (χ1v) is 8.28. The van der Waals surface area contributed by atoms with Gasteiger partial charge in [0, 0.05) is 6.54 Å². The molecule has 0 aliphatic rings. The highest BCUT2D eigenvalue weighted by Gasteiger charge is 2.17. The van der Waals surface area contributed by atoms with Crippen molar-refractivity contribution in [3.8, 4) is 0 Å². The van der Waals surface area contributed by atoms with E-state index >= 15 is 0 Å². The summed E-state index contributed by atoms with van der Waals surface area (Å²) in [4.78, 5) is 20.2. The van der Waals surface area contributed by atoms with E-state index in [4.69, 9.17) is 0 Å². The van der Waals surface area contributed by atoms with Crippen molar-refractivity contribution in [1.82, 2.24) is 29.1 Å². The van der Waals surface area contributed by atoms with Crippen molar-refractivity contribution in [3.63, 3.8) is 0 Å². The van der Waals surface area contributed by atoms with Gasteiger partial charge in [-0.3, -0.25) is 9.36 Å². The van der Waals surface area contributed by atoms with Crippen LogP contribution in [0.25, 0.3) is 16.9 Å². The zero-order valence-electron chi connectivity index (χ0n) is 12.4. The van der Waals surface area contributed by atoms with Crippen molar-refractivity contribution in [1.29, 1.82) is 0 Å². The minimum atomic E-state index is -0.137. The Kier molecular flexibility index (Phi) is 3.71. The van der Waals surface area contributed by atoms with Gasteiger partial charge in [-0.25, -0.2) is 9.38 Å². The number of thioether (sulfide) groups is 1. The number of rotatable bonds is 5. The standard InChI is InChI=1S/C13H18N6OS/c1-4-5-6-7-18-10-9(14-12(15-10)21-3)11(20)19-8(2)16-17-13(18)19/h4-7H2,1-3H3,(H,14,15). The molecule has 3 aromatic rings. The fourth-order valence-corrected chi connectivity index (χ4v) is 2.86. The Morgan fingerprint density at radius 2 is 2.10 bits per heavy atom. The molecule has 0 saturated heterocycles. The molecule has 0 aromatic carbocycles. The van der Waals surface area contributed by atoms with Crippen LogP contribution < -0.4 is 5.56 Å². The van der Waals surface area contributed by atoms with Gasteiger partial charge in [-0.1, -0.05) is 31.5 Å². The van der Waals surface area contributed by atoms with E-state index < -0.39 is 0 Å². The van der Waals surface area contributed by atoms with Gasteiger partial charge in [-0.15, -0.1) is 10.2 Å². The second-order valence-corrected chi connectivity index (χ2v) is 5.79. The number of aromatic amines is 1. The van der Waals surface area contributed by atoms with E-state index in [9.17, 15) is 4.79 Å². The van der Waals surface area contributed by atoms with Crippen LogP contribution in [-0.2, 0) is 6.54 Å². The molecule has 0 atom stereocenters. The van der Waals surface area contributed by atoms with Gasteiger partial charge < -0.3 is 4.98 Å². The number of hydrogen-bond donors (Lipinski definition) is 1. The van der Waals surface area contributed by atoms with Crippen LogP contribution in [0.4, 0.5) is 0 Å². The largest absolute Gasteiger partial charge is 0.327 e. The van der Waals surface area contributed by atoms with Crippen molar-refractivity contribution >= 4 is 28.7 Å². The van der Waals surface area contributed by atoms with E-state index in [1.54, 1.807) is 11.3 Å². The van der Waals surface area contributed by atoms with Gasteiger partial charge in [-0.05, 0) is 19.6 Å². The Balaban J connectivity index is 2.30. The molecule has 8 heteroatoms. The molecule has 0 amide bonds. The predicted molar refractivity (Wildman–Crippen MR) is 82.9 cm³/mol. The Bertz CT molecular complexity index is 846. The number of aryl methyl sites for hydroxylation is 2. The van der Waals surface area contributed by atoms with Gasteiger partial charge >= 0.3 is 0 Å². The third-order valence-corrected chi connectivity index (χ3v) is 4.14. The predicted octanol–water partition coefficient (Wildman–Crippen LogP) is 1.99. The second-order valence-electron chi connectivity index (χ2n) is 4.99. The summed E-state index contributed by atoms with van der Waals surface area (Å²) in [5.74, 6) is 1.17. The van der Waals surface area contributed by atoms with Gasteiger partial charge in [0.2, 0.25) is 5.78 Å². The second kappa shape index (κ2) is 5.51. The fraction of sp³-hybridized carbons (Fsp3) is 0.538. The van der Waals surface area contributed by atoms with Crippen molar-refractivity contribution in [3.05, 3.63) is 16.2 Å². The van der Waals surface area contributed by atoms with E-state index in [0.717, 1.165) is 31.0 Å². The maximum Gasteiger partial charge on any atom is 0.286 e. The van der Waals surface area contributed by atoms with Crippen molar-refractivity contribution in [2.24, 2.45) is 0 Å². The molecule has 21 heavy (non-hydrogen) atoms. The number of nitrogens with one attached hydrogen (secondary N) is 1. The first-order chi connectivity index (χ1) is 10.2. The maximum absolute atomic E-state index is 12.6. The van der Waals surface area contributed by atoms with Gasteiger partial charge in [-0.2, -0.15) is 0 Å². The van der Waals surface area contributed by atoms with Crippen LogP contribution in [0.1, 0.15) is 32.0 Å². The fourth-order valence-electron chi connectivity index (χ4n) is 2.48. The summed E-state index contributed by atoms with van der Waals surface area (Å²) in [5.41, 5.74) is 1.05. The van der Waals surface area contributed by atoms with E-state index in [1.165, 1.54) is 11.8 Å². The van der Waals surface area contributed by atoms with Crippen LogP contribution in [0.5, 0.6) is 0 Å². The van der Waals surface area contributed by atoms with E-state index in [2.05, 4.69) is 27.1 Å². The monoisotopic (exact) mass is 306 g/mol. The molecule has 112 valence electrons. The molecule has 0 bridgehead atoms. The first-order valence-electron chi connectivity index (χ1n) is 7.05. The summed E-state index contributed by atoms with van der Waals surface area (Å²) in [5, 5.41) is 8.94. The summed E-state index contributed by atoms with van der Waals surface area (Å²) >= 11 is 1.49. The normalized spacial score (nSPS) is 11.8. The maximum atomic E-state index is 12.6. The molecule has 7 nitrogen and oxygen atoms in total. The molecule has 0 aliphatic carbocycles. The third-order valence-electron chi connectivity index (χ3n) is 3.56. The number of hydrogen-bond acceptors (Lipinski definition) is 5. The molecule has 0 unspecified atom stereocenters. The van der Waals surface area contributed by atoms with Crippen LogP contribution in [0.15, 0.2) is 9.95 Å². The minimum Gasteiger partial charge on any atom is -0.327 e. The number of unbranched alkanes of at least 4 members (excludes halogenated alkanes) is 2. The van der Waals surface area contributed by atoms with Crippen LogP contribution in [0.2, 0.25) is 0 Å². The summed E-state index contributed by atoms with van der Waals surface area (Å²) in [7, 11) is 0. The molecule has 0 radical (unpaired) electrons. The molecule has 3 aromatic heterocycles. The van der Waals surface area contributed by atoms with Gasteiger partial charge in [0.15, 0.2) is 16.3 Å². The highest BCUT2D eigenvalue weighted by molar-refractivity contribution is 7.98. The Labute approximate surface area is 125 Å². The molecule has 0 saturated carbocycles. The number of aromatic nitrogens is 6. The molecule has 3 rings (SSSR count). The minimum absolute atomic E-state index is 0.137. The molecule has 0 spiro atoms. The van der Waals surface area contributed by atoms with E-state index in [-0.39, 0.29) is 5.56 Å². The Morgan fingerprint density at radius 3 is 2.81 bits per heavy atom. The molecular weight excluding hydrogens is 288 g/mol. The zero-order valence-corrected chi connectivity index (χ0v) is 13.2. The number of H-pyrrole nitrogens is 1. The number of fused-ring (bicyclic) bond motifs is 2. The average Bonchev–Trinajstić information content (AvgIpc) is 3.07. The van der Waals surface area contributed by atoms with Crippen LogP contribution in [0.3, 0.4) is 0 Å². The van der Waals surface area contributed by atoms with E-state index in [1.807, 2.05) is 10.8 Å². The lowest BCUT2D eigenvalue weighted by Crippen LogP contribution is -2.20. The first kappa shape index (κ1) is 14.1. The number of imidazole rings is 1. The molecule has 1 N–H and O–H groups in total. The third kappa shape index (κ3) is 2.23. The summed E-state index contributed by atoms with van der Waals surface area (Å²) < 4.78 is 3.54. The zero-order chi connectivity index (χ0) is 15.0. The molecule has 3 heterocycles. The van der Waals surface area contributed by atoms with E-state index in [0.29, 0.717) is 22.8 Å². The van der Waals surface area contributed by atoms with Crippen LogP contribution in [0, 0.1) is 6.92 Å². The quantitative estimate of drug-likeness (QED) is 0.576. The smallest absolute Gasteiger partial charge is 0.286 e. The summed E-state index contributed by atoms with van der Waals surface area (Å²) in [6.07, 6.45) is 5.23. The van der Waals surface area contributed by atoms with Crippen molar-refractivity contribution in [2.45, 2.75) is 44.8 Å². The highest BCUT2D eigenvalue weighted by atomic mass is 32.2. The number of nitrogens with zero attached hydrogens (tertiary/aromatic N) is 5.